The molecule has 9 heteroatoms. The van der Waals surface area contributed by atoms with Gasteiger partial charge in [-0.2, -0.15) is 4.98 Å². The summed E-state index contributed by atoms with van der Waals surface area (Å²) < 4.78 is 6.42. The molecule has 0 aliphatic carbocycles. The highest BCUT2D eigenvalue weighted by Gasteiger charge is 2.25. The Morgan fingerprint density at radius 3 is 2.68 bits per heavy atom. The largest absolute Gasteiger partial charge is 0.434 e. The molecule has 1 N–H and O–H groups in total. The molecule has 1 aromatic carbocycles. The predicted molar refractivity (Wildman–Crippen MR) is 94.5 cm³/mol. The fourth-order valence-corrected chi connectivity index (χ4v) is 2.30. The van der Waals surface area contributed by atoms with Gasteiger partial charge in [-0.3, -0.25) is 15.1 Å². The smallest absolute Gasteiger partial charge is 0.373 e. The van der Waals surface area contributed by atoms with Crippen molar-refractivity contribution in [2.45, 2.75) is 6.54 Å². The zero-order chi connectivity index (χ0) is 17.6. The molecule has 25 heavy (non-hydrogen) atoms. The van der Waals surface area contributed by atoms with Crippen LogP contribution in [0, 0.1) is 10.1 Å². The van der Waals surface area contributed by atoms with E-state index in [1.165, 1.54) is 6.33 Å². The van der Waals surface area contributed by atoms with Crippen LogP contribution in [0.1, 0.15) is 5.56 Å². The number of pyridine rings is 1. The molecule has 8 nitrogen and oxygen atoms in total. The van der Waals surface area contributed by atoms with Gasteiger partial charge in [-0.1, -0.05) is 22.0 Å². The van der Waals surface area contributed by atoms with Crippen molar-refractivity contribution in [3.05, 3.63) is 75.3 Å². The first-order chi connectivity index (χ1) is 12.1. The molecule has 3 aromatic rings. The summed E-state index contributed by atoms with van der Waals surface area (Å²) in [6.45, 7) is 0.337. The van der Waals surface area contributed by atoms with Crippen LogP contribution < -0.4 is 10.1 Å². The molecule has 0 amide bonds. The van der Waals surface area contributed by atoms with Crippen LogP contribution in [0.5, 0.6) is 11.6 Å². The van der Waals surface area contributed by atoms with Crippen LogP contribution in [0.3, 0.4) is 0 Å². The van der Waals surface area contributed by atoms with Crippen LogP contribution in [0.25, 0.3) is 0 Å². The van der Waals surface area contributed by atoms with E-state index in [2.05, 4.69) is 36.2 Å². The van der Waals surface area contributed by atoms with E-state index >= 15 is 0 Å². The van der Waals surface area contributed by atoms with E-state index in [9.17, 15) is 10.1 Å². The fourth-order valence-electron chi connectivity index (χ4n) is 2.03. The molecule has 0 saturated carbocycles. The van der Waals surface area contributed by atoms with Crippen molar-refractivity contribution in [2.24, 2.45) is 0 Å². The maximum absolute atomic E-state index is 11.5. The third-order valence-electron chi connectivity index (χ3n) is 3.18. The molecular formula is C16H12BrN5O3. The average Bonchev–Trinajstić information content (AvgIpc) is 2.62. The molecule has 0 radical (unpaired) electrons. The van der Waals surface area contributed by atoms with Crippen molar-refractivity contribution in [1.29, 1.82) is 0 Å². The molecule has 0 aliphatic rings. The standard InChI is InChI=1S/C16H12BrN5O3/c17-12-3-5-13(6-4-12)25-16-14(22(23)24)15(20-10-21-16)19-9-11-2-1-7-18-8-11/h1-8,10H,9H2,(H,19,20,21). The lowest BCUT2D eigenvalue weighted by atomic mass is 10.3. The topological polar surface area (TPSA) is 103 Å². The third-order valence-corrected chi connectivity index (χ3v) is 3.71. The number of rotatable bonds is 6. The summed E-state index contributed by atoms with van der Waals surface area (Å²) in [5.41, 5.74) is 0.542. The van der Waals surface area contributed by atoms with Crippen LogP contribution in [-0.2, 0) is 6.54 Å². The Morgan fingerprint density at radius 1 is 1.20 bits per heavy atom. The second-order valence-electron chi connectivity index (χ2n) is 4.90. The molecular weight excluding hydrogens is 390 g/mol. The van der Waals surface area contributed by atoms with Gasteiger partial charge in [0.15, 0.2) is 0 Å². The highest BCUT2D eigenvalue weighted by molar-refractivity contribution is 9.10. The molecule has 0 saturated heterocycles. The van der Waals surface area contributed by atoms with E-state index in [0.29, 0.717) is 12.3 Å². The minimum atomic E-state index is -0.570. The second-order valence-corrected chi connectivity index (χ2v) is 5.82. The van der Waals surface area contributed by atoms with Crippen molar-refractivity contribution < 1.29 is 9.66 Å². The molecule has 0 spiro atoms. The van der Waals surface area contributed by atoms with E-state index in [1.807, 2.05) is 6.07 Å². The molecule has 0 atom stereocenters. The Morgan fingerprint density at radius 2 is 2.00 bits per heavy atom. The van der Waals surface area contributed by atoms with Crippen LogP contribution in [0.2, 0.25) is 0 Å². The van der Waals surface area contributed by atoms with Crippen molar-refractivity contribution >= 4 is 27.4 Å². The van der Waals surface area contributed by atoms with Gasteiger partial charge >= 0.3 is 11.6 Å². The quantitative estimate of drug-likeness (QED) is 0.492. The number of nitrogens with zero attached hydrogens (tertiary/aromatic N) is 4. The van der Waals surface area contributed by atoms with E-state index in [1.54, 1.807) is 42.7 Å². The van der Waals surface area contributed by atoms with Gasteiger partial charge in [0, 0.05) is 23.4 Å². The number of nitro groups is 1. The van der Waals surface area contributed by atoms with Gasteiger partial charge in [-0.15, -0.1) is 0 Å². The highest BCUT2D eigenvalue weighted by Crippen LogP contribution is 2.34. The Labute approximate surface area is 151 Å². The number of hydrogen-bond donors (Lipinski definition) is 1. The summed E-state index contributed by atoms with van der Waals surface area (Å²) in [5, 5.41) is 14.4. The molecule has 3 rings (SSSR count). The van der Waals surface area contributed by atoms with Gasteiger partial charge < -0.3 is 10.1 Å². The minimum Gasteiger partial charge on any atom is -0.434 e. The SMILES string of the molecule is O=[N+]([O-])c1c(NCc2cccnc2)ncnc1Oc1ccc(Br)cc1. The molecule has 0 bridgehead atoms. The van der Waals surface area contributed by atoms with Crippen molar-refractivity contribution in [3.63, 3.8) is 0 Å². The van der Waals surface area contributed by atoms with E-state index in [4.69, 9.17) is 4.74 Å². The maximum Gasteiger partial charge on any atom is 0.373 e. The Bertz CT molecular complexity index is 875. The normalized spacial score (nSPS) is 10.3. The minimum absolute atomic E-state index is 0.0796. The molecule has 2 aromatic heterocycles. The van der Waals surface area contributed by atoms with Crippen molar-refractivity contribution in [2.75, 3.05) is 5.32 Å². The highest BCUT2D eigenvalue weighted by atomic mass is 79.9. The van der Waals surface area contributed by atoms with Crippen molar-refractivity contribution in [3.8, 4) is 11.6 Å². The lowest BCUT2D eigenvalue weighted by Gasteiger charge is -2.09. The van der Waals surface area contributed by atoms with Gasteiger partial charge in [0.1, 0.15) is 12.1 Å². The first kappa shape index (κ1) is 16.8. The first-order valence-corrected chi connectivity index (χ1v) is 7.98. The summed E-state index contributed by atoms with van der Waals surface area (Å²) in [5.74, 6) is 0.384. The predicted octanol–water partition coefficient (Wildman–Crippen LogP) is 3.95. The number of halogens is 1. The first-order valence-electron chi connectivity index (χ1n) is 7.19. The van der Waals surface area contributed by atoms with Crippen LogP contribution in [-0.4, -0.2) is 19.9 Å². The van der Waals surface area contributed by atoms with Crippen LogP contribution in [0.4, 0.5) is 11.5 Å². The van der Waals surface area contributed by atoms with Gasteiger partial charge in [0.05, 0.1) is 4.92 Å². The number of aromatic nitrogens is 3. The summed E-state index contributed by atoms with van der Waals surface area (Å²) in [4.78, 5) is 22.8. The zero-order valence-electron chi connectivity index (χ0n) is 12.8. The summed E-state index contributed by atoms with van der Waals surface area (Å²) >= 11 is 3.32. The number of anilines is 1. The molecule has 0 aliphatic heterocycles. The summed E-state index contributed by atoms with van der Waals surface area (Å²) in [7, 11) is 0. The molecule has 2 heterocycles. The number of hydrogen-bond acceptors (Lipinski definition) is 7. The summed E-state index contributed by atoms with van der Waals surface area (Å²) in [6, 6.07) is 10.5. The molecule has 0 unspecified atom stereocenters. The monoisotopic (exact) mass is 401 g/mol. The Balaban J connectivity index is 1.86. The van der Waals surface area contributed by atoms with Gasteiger partial charge in [0.25, 0.3) is 0 Å². The van der Waals surface area contributed by atoms with E-state index < -0.39 is 4.92 Å². The second kappa shape index (κ2) is 7.67. The third kappa shape index (κ3) is 4.27. The fraction of sp³-hybridized carbons (Fsp3) is 0.0625. The lowest BCUT2D eigenvalue weighted by Crippen LogP contribution is -2.07. The van der Waals surface area contributed by atoms with Gasteiger partial charge in [-0.25, -0.2) is 4.98 Å². The molecule has 126 valence electrons. The van der Waals surface area contributed by atoms with Gasteiger partial charge in [-0.05, 0) is 35.9 Å². The van der Waals surface area contributed by atoms with E-state index in [-0.39, 0.29) is 17.4 Å². The number of benzene rings is 1. The molecule has 0 fully saturated rings. The number of ether oxygens (including phenoxy) is 1. The van der Waals surface area contributed by atoms with Gasteiger partial charge in [0.2, 0.25) is 5.82 Å². The summed E-state index contributed by atoms with van der Waals surface area (Å²) in [6.07, 6.45) is 4.53. The Hall–Kier alpha value is -3.07. The van der Waals surface area contributed by atoms with Crippen LogP contribution >= 0.6 is 15.9 Å². The van der Waals surface area contributed by atoms with E-state index in [0.717, 1.165) is 10.0 Å². The van der Waals surface area contributed by atoms with Crippen LogP contribution in [0.15, 0.2) is 59.6 Å². The average molecular weight is 402 g/mol. The van der Waals surface area contributed by atoms with Crippen molar-refractivity contribution in [1.82, 2.24) is 15.0 Å². The lowest BCUT2D eigenvalue weighted by molar-refractivity contribution is -0.385. The number of nitrogens with one attached hydrogen (secondary N) is 1. The Kier molecular flexibility index (Phi) is 5.14. The zero-order valence-corrected chi connectivity index (χ0v) is 14.4. The maximum atomic E-state index is 11.5.